The molecule has 0 aliphatic carbocycles. The van der Waals surface area contributed by atoms with E-state index in [0.717, 1.165) is 45.4 Å². The number of benzene rings is 3. The number of hydrogen-bond acceptors (Lipinski definition) is 5. The van der Waals surface area contributed by atoms with E-state index in [1.165, 1.54) is 7.11 Å². The zero-order valence-electron chi connectivity index (χ0n) is 19.1. The summed E-state index contributed by atoms with van der Waals surface area (Å²) in [6.45, 7) is 2.01. The van der Waals surface area contributed by atoms with Gasteiger partial charge in [-0.1, -0.05) is 41.9 Å². The van der Waals surface area contributed by atoms with Crippen LogP contribution in [0, 0.1) is 6.92 Å². The molecular weight excluding hydrogens is 460 g/mol. The van der Waals surface area contributed by atoms with Gasteiger partial charge in [0.05, 0.1) is 35.8 Å². The van der Waals surface area contributed by atoms with Gasteiger partial charge in [-0.2, -0.15) is 5.10 Å². The Kier molecular flexibility index (Phi) is 5.04. The Hall–Kier alpha value is -4.16. The van der Waals surface area contributed by atoms with Crippen LogP contribution in [0.1, 0.15) is 38.8 Å². The smallest absolute Gasteiger partial charge is 0.337 e. The molecule has 0 spiro atoms. The number of anilines is 1. The largest absolute Gasteiger partial charge is 0.465 e. The van der Waals surface area contributed by atoms with E-state index >= 15 is 0 Å². The fourth-order valence-corrected chi connectivity index (χ4v) is 4.89. The summed E-state index contributed by atoms with van der Waals surface area (Å²) in [5.74, 6) is 1.25. The normalized spacial score (nSPS) is 15.7. The Morgan fingerprint density at radius 1 is 0.971 bits per heavy atom. The molecule has 172 valence electrons. The maximum absolute atomic E-state index is 12.0. The number of carbonyl (C=O) groups is 1. The third-order valence-electron chi connectivity index (χ3n) is 6.41. The van der Waals surface area contributed by atoms with Crippen LogP contribution in [0.2, 0.25) is 5.02 Å². The van der Waals surface area contributed by atoms with E-state index < -0.39 is 0 Å². The Morgan fingerprint density at radius 3 is 2.46 bits per heavy atom. The summed E-state index contributed by atoms with van der Waals surface area (Å²) < 4.78 is 6.76. The molecule has 2 aliphatic rings. The van der Waals surface area contributed by atoms with Crippen LogP contribution >= 0.6 is 11.6 Å². The van der Waals surface area contributed by atoms with E-state index in [-0.39, 0.29) is 12.0 Å². The molecule has 0 radical (unpaired) electrons. The number of methoxy groups -OCH3 is 1. The first kappa shape index (κ1) is 21.4. The number of ether oxygens (including phenoxy) is 1. The summed E-state index contributed by atoms with van der Waals surface area (Å²) in [7, 11) is 1.39. The second kappa shape index (κ2) is 8.25. The number of aliphatic imine (C=N–C) groups is 1. The molecule has 3 aromatic carbocycles. The van der Waals surface area contributed by atoms with E-state index in [0.29, 0.717) is 10.6 Å². The van der Waals surface area contributed by atoms with Gasteiger partial charge in [0.1, 0.15) is 5.84 Å². The number of fused-ring (bicyclic) bond motifs is 4. The average Bonchev–Trinajstić information content (AvgIpc) is 3.23. The van der Waals surface area contributed by atoms with Crippen molar-refractivity contribution in [2.45, 2.75) is 13.0 Å². The Bertz CT molecular complexity index is 1520. The minimum absolute atomic E-state index is 0.184. The second-order valence-corrected chi connectivity index (χ2v) is 8.90. The molecule has 1 aromatic heterocycles. The van der Waals surface area contributed by atoms with Crippen LogP contribution in [0.5, 0.6) is 0 Å². The number of rotatable bonds is 3. The maximum Gasteiger partial charge on any atom is 0.337 e. The van der Waals surface area contributed by atoms with Gasteiger partial charge < -0.3 is 9.64 Å². The molecule has 0 fully saturated rings. The fourth-order valence-electron chi connectivity index (χ4n) is 4.77. The van der Waals surface area contributed by atoms with Crippen LogP contribution in [0.4, 0.5) is 11.5 Å². The molecule has 0 amide bonds. The van der Waals surface area contributed by atoms with Gasteiger partial charge >= 0.3 is 5.97 Å². The van der Waals surface area contributed by atoms with Crippen molar-refractivity contribution in [1.82, 2.24) is 9.78 Å². The number of amidine groups is 1. The van der Waals surface area contributed by atoms with E-state index in [2.05, 4.69) is 23.1 Å². The molecule has 0 saturated heterocycles. The molecule has 0 bridgehead atoms. The van der Waals surface area contributed by atoms with Crippen molar-refractivity contribution >= 4 is 41.0 Å². The summed E-state index contributed by atoms with van der Waals surface area (Å²) in [5, 5.41) is 5.55. The zero-order chi connectivity index (χ0) is 24.1. The topological polar surface area (TPSA) is 59.7 Å². The van der Waals surface area contributed by atoms with Crippen LogP contribution in [-0.4, -0.2) is 28.7 Å². The van der Waals surface area contributed by atoms with E-state index in [1.54, 1.807) is 12.1 Å². The predicted octanol–water partition coefficient (Wildman–Crippen LogP) is 6.29. The zero-order valence-corrected chi connectivity index (χ0v) is 19.9. The molecule has 1 atom stereocenters. The third kappa shape index (κ3) is 3.45. The molecule has 4 aromatic rings. The van der Waals surface area contributed by atoms with E-state index in [1.807, 2.05) is 66.2 Å². The van der Waals surface area contributed by atoms with E-state index in [4.69, 9.17) is 26.4 Å². The van der Waals surface area contributed by atoms with Gasteiger partial charge in [0.25, 0.3) is 0 Å². The molecular formula is C28H21ClN4O2. The van der Waals surface area contributed by atoms with Gasteiger partial charge in [0.15, 0.2) is 5.82 Å². The van der Waals surface area contributed by atoms with Gasteiger partial charge in [0.2, 0.25) is 0 Å². The Balaban J connectivity index is 1.58. The lowest BCUT2D eigenvalue weighted by Gasteiger charge is -2.39. The highest BCUT2D eigenvalue weighted by atomic mass is 35.5. The van der Waals surface area contributed by atoms with Gasteiger partial charge in [-0.05, 0) is 72.7 Å². The van der Waals surface area contributed by atoms with Gasteiger partial charge in [-0.15, -0.1) is 0 Å². The third-order valence-corrected chi connectivity index (χ3v) is 6.66. The summed E-state index contributed by atoms with van der Waals surface area (Å²) in [5.41, 5.74) is 6.50. The number of esters is 1. The van der Waals surface area contributed by atoms with Crippen LogP contribution < -0.4 is 4.90 Å². The highest BCUT2D eigenvalue weighted by Crippen LogP contribution is 2.46. The lowest BCUT2D eigenvalue weighted by atomic mass is 9.91. The average molecular weight is 481 g/mol. The Labute approximate surface area is 207 Å². The fraction of sp³-hybridized carbons (Fsp3) is 0.107. The number of halogens is 1. The predicted molar refractivity (Wildman–Crippen MR) is 138 cm³/mol. The maximum atomic E-state index is 12.0. The monoisotopic (exact) mass is 480 g/mol. The van der Waals surface area contributed by atoms with Crippen LogP contribution in [0.25, 0.3) is 11.8 Å². The van der Waals surface area contributed by atoms with Gasteiger partial charge in [-0.25, -0.2) is 14.5 Å². The SMILES string of the molecule is COC(=O)c1ccc([C@H]2c3c(C)nn(-c4ccc(Cl)cc4)c3N=C3C=Cc4ccccc4N32)cc1. The quantitative estimate of drug-likeness (QED) is 0.323. The van der Waals surface area contributed by atoms with Crippen molar-refractivity contribution in [3.8, 4) is 5.69 Å². The van der Waals surface area contributed by atoms with Crippen molar-refractivity contribution < 1.29 is 9.53 Å². The van der Waals surface area contributed by atoms with Gasteiger partial charge in [0, 0.05) is 10.6 Å². The van der Waals surface area contributed by atoms with E-state index in [9.17, 15) is 4.79 Å². The van der Waals surface area contributed by atoms with Crippen molar-refractivity contribution in [3.63, 3.8) is 0 Å². The lowest BCUT2D eigenvalue weighted by molar-refractivity contribution is 0.0600. The first-order valence-electron chi connectivity index (χ1n) is 11.2. The lowest BCUT2D eigenvalue weighted by Crippen LogP contribution is -2.38. The number of aromatic nitrogens is 2. The molecule has 2 aliphatic heterocycles. The molecule has 7 heteroatoms. The van der Waals surface area contributed by atoms with Crippen molar-refractivity contribution in [2.24, 2.45) is 4.99 Å². The number of para-hydroxylation sites is 1. The summed E-state index contributed by atoms with van der Waals surface area (Å²) in [4.78, 5) is 19.4. The highest BCUT2D eigenvalue weighted by molar-refractivity contribution is 6.30. The first-order chi connectivity index (χ1) is 17.0. The minimum Gasteiger partial charge on any atom is -0.465 e. The Morgan fingerprint density at radius 2 is 1.71 bits per heavy atom. The molecule has 0 N–H and O–H groups in total. The molecule has 3 heterocycles. The first-order valence-corrected chi connectivity index (χ1v) is 11.6. The second-order valence-electron chi connectivity index (χ2n) is 8.46. The number of hydrogen-bond donors (Lipinski definition) is 0. The molecule has 0 saturated carbocycles. The standard InChI is InChI=1S/C28H21ClN4O2/c1-17-25-26(19-7-9-20(10-8-19)28(34)35-2)32-23-6-4-3-5-18(23)11-16-24(32)30-27(25)33(31-17)22-14-12-21(29)13-15-22/h3-16,26H,1-2H3/t26-/m0/s1. The molecule has 0 unspecified atom stereocenters. The van der Waals surface area contributed by atoms with Crippen LogP contribution in [0.15, 0.2) is 83.9 Å². The van der Waals surface area contributed by atoms with Crippen molar-refractivity contribution in [1.29, 1.82) is 0 Å². The summed E-state index contributed by atoms with van der Waals surface area (Å²) in [6, 6.07) is 23.2. The van der Waals surface area contributed by atoms with Crippen LogP contribution in [0.3, 0.4) is 0 Å². The molecule has 6 rings (SSSR count). The highest BCUT2D eigenvalue weighted by Gasteiger charge is 2.38. The molecule has 6 nitrogen and oxygen atoms in total. The van der Waals surface area contributed by atoms with Crippen molar-refractivity contribution in [2.75, 3.05) is 12.0 Å². The number of nitrogens with zero attached hydrogens (tertiary/aromatic N) is 4. The van der Waals surface area contributed by atoms with Crippen molar-refractivity contribution in [3.05, 3.63) is 112 Å². The summed E-state index contributed by atoms with van der Waals surface area (Å²) >= 11 is 6.13. The van der Waals surface area contributed by atoms with Gasteiger partial charge in [-0.3, -0.25) is 0 Å². The summed E-state index contributed by atoms with van der Waals surface area (Å²) in [6.07, 6.45) is 4.12. The number of carbonyl (C=O) groups excluding carboxylic acids is 1. The van der Waals surface area contributed by atoms with Crippen LogP contribution in [-0.2, 0) is 4.74 Å². The minimum atomic E-state index is -0.360. The molecule has 35 heavy (non-hydrogen) atoms. The number of aryl methyl sites for hydroxylation is 1.